The van der Waals surface area contributed by atoms with Crippen LogP contribution < -0.4 is 15.2 Å². The first-order chi connectivity index (χ1) is 15.7. The highest BCUT2D eigenvalue weighted by Crippen LogP contribution is 2.38. The van der Waals surface area contributed by atoms with Gasteiger partial charge < -0.3 is 15.2 Å². The number of anilines is 1. The van der Waals surface area contributed by atoms with Crippen LogP contribution in [0.2, 0.25) is 0 Å². The Kier molecular flexibility index (Phi) is 5.95. The van der Waals surface area contributed by atoms with Crippen LogP contribution in [0, 0.1) is 0 Å². The van der Waals surface area contributed by atoms with Crippen molar-refractivity contribution < 1.29 is 9.47 Å². The average Bonchev–Trinajstić information content (AvgIpc) is 2.84. The maximum atomic E-state index is 6.12. The van der Waals surface area contributed by atoms with Gasteiger partial charge in [-0.1, -0.05) is 6.42 Å². The van der Waals surface area contributed by atoms with Crippen molar-refractivity contribution in [2.24, 2.45) is 0 Å². The maximum Gasteiger partial charge on any atom is 0.221 e. The lowest BCUT2D eigenvalue weighted by Gasteiger charge is -2.26. The summed E-state index contributed by atoms with van der Waals surface area (Å²) < 4.78 is 11.4. The number of piperidine rings is 1. The number of nitrogen functional groups attached to an aromatic ring is 1. The molecular formula is C26H30N4O2. The molecule has 0 bridgehead atoms. The Hall–Kier alpha value is -3.12. The van der Waals surface area contributed by atoms with Crippen LogP contribution in [0.4, 0.5) is 5.95 Å². The zero-order valence-electron chi connectivity index (χ0n) is 18.6. The van der Waals surface area contributed by atoms with Crippen LogP contribution >= 0.6 is 0 Å². The zero-order valence-corrected chi connectivity index (χ0v) is 18.6. The summed E-state index contributed by atoms with van der Waals surface area (Å²) in [6.45, 7) is 4.09. The number of aromatic nitrogens is 2. The molecule has 166 valence electrons. The average molecular weight is 431 g/mol. The number of nitrogens with two attached hydrogens (primary N) is 1. The molecule has 2 N–H and O–H groups in total. The molecule has 1 aliphatic heterocycles. The minimum atomic E-state index is 0.296. The number of nitrogens with zero attached hydrogens (tertiary/aromatic N) is 3. The normalized spacial score (nSPS) is 15.7. The topological polar surface area (TPSA) is 73.5 Å². The Balaban J connectivity index is 1.35. The highest BCUT2D eigenvalue weighted by atomic mass is 16.5. The molecule has 1 aromatic heterocycles. The molecule has 0 spiro atoms. The minimum Gasteiger partial charge on any atom is -0.497 e. The fourth-order valence-corrected chi connectivity index (χ4v) is 4.78. The van der Waals surface area contributed by atoms with E-state index in [-0.39, 0.29) is 0 Å². The van der Waals surface area contributed by atoms with Gasteiger partial charge in [-0.25, -0.2) is 9.97 Å². The van der Waals surface area contributed by atoms with E-state index in [9.17, 15) is 0 Å². The van der Waals surface area contributed by atoms with E-state index in [0.29, 0.717) is 5.95 Å². The maximum absolute atomic E-state index is 6.12. The standard InChI is InChI=1S/C26H30N4O2/c1-31-21-10-12-22-19(17-21)7-11-23-24(28-26(27)29-25(22)23)18-5-8-20(9-6-18)32-16-15-30-13-3-2-4-14-30/h5-6,8-10,12,17H,2-4,7,11,13-16H2,1H3,(H2,27,28,29). The van der Waals surface area contributed by atoms with E-state index in [1.54, 1.807) is 7.11 Å². The zero-order chi connectivity index (χ0) is 21.9. The van der Waals surface area contributed by atoms with Gasteiger partial charge in [-0.05, 0) is 86.8 Å². The van der Waals surface area contributed by atoms with Gasteiger partial charge in [0.05, 0.1) is 18.5 Å². The summed E-state index contributed by atoms with van der Waals surface area (Å²) in [4.78, 5) is 11.7. The van der Waals surface area contributed by atoms with Crippen LogP contribution in [-0.4, -0.2) is 48.2 Å². The molecule has 0 amide bonds. The SMILES string of the molecule is COc1ccc2c(c1)CCc1c(-c3ccc(OCCN4CCCCC4)cc3)nc(N)nc1-2. The molecule has 1 aliphatic carbocycles. The van der Waals surface area contributed by atoms with E-state index >= 15 is 0 Å². The summed E-state index contributed by atoms with van der Waals surface area (Å²) >= 11 is 0. The van der Waals surface area contributed by atoms with Gasteiger partial charge in [0.15, 0.2) is 0 Å². The van der Waals surface area contributed by atoms with Crippen molar-refractivity contribution in [3.63, 3.8) is 0 Å². The van der Waals surface area contributed by atoms with Crippen LogP contribution in [0.3, 0.4) is 0 Å². The smallest absolute Gasteiger partial charge is 0.221 e. The Bertz CT molecular complexity index is 1090. The van der Waals surface area contributed by atoms with Crippen LogP contribution in [0.25, 0.3) is 22.5 Å². The van der Waals surface area contributed by atoms with Crippen molar-refractivity contribution in [3.8, 4) is 34.0 Å². The number of likely N-dealkylation sites (tertiary alicyclic amines) is 1. The molecule has 0 unspecified atom stereocenters. The van der Waals surface area contributed by atoms with Crippen molar-refractivity contribution in [2.45, 2.75) is 32.1 Å². The molecule has 0 saturated carbocycles. The van der Waals surface area contributed by atoms with E-state index in [1.165, 1.54) is 37.9 Å². The molecule has 2 heterocycles. The van der Waals surface area contributed by atoms with Gasteiger partial charge in [-0.2, -0.15) is 0 Å². The lowest BCUT2D eigenvalue weighted by atomic mass is 9.87. The van der Waals surface area contributed by atoms with Gasteiger partial charge in [0.25, 0.3) is 0 Å². The van der Waals surface area contributed by atoms with Gasteiger partial charge in [0, 0.05) is 23.2 Å². The van der Waals surface area contributed by atoms with Crippen molar-refractivity contribution in [1.82, 2.24) is 14.9 Å². The molecule has 3 aromatic rings. The van der Waals surface area contributed by atoms with Crippen LogP contribution in [0.1, 0.15) is 30.4 Å². The lowest BCUT2D eigenvalue weighted by Crippen LogP contribution is -2.33. The third kappa shape index (κ3) is 4.28. The Morgan fingerprint density at radius 1 is 0.906 bits per heavy atom. The summed E-state index contributed by atoms with van der Waals surface area (Å²) in [5.74, 6) is 2.05. The molecular weight excluding hydrogens is 400 g/mol. The molecule has 0 atom stereocenters. The number of fused-ring (bicyclic) bond motifs is 3. The van der Waals surface area contributed by atoms with E-state index in [2.05, 4.69) is 39.1 Å². The van der Waals surface area contributed by atoms with Gasteiger partial charge in [-0.3, -0.25) is 4.90 Å². The molecule has 32 heavy (non-hydrogen) atoms. The Morgan fingerprint density at radius 2 is 1.66 bits per heavy atom. The third-order valence-corrected chi connectivity index (χ3v) is 6.49. The summed E-state index contributed by atoms with van der Waals surface area (Å²) in [5, 5.41) is 0. The summed E-state index contributed by atoms with van der Waals surface area (Å²) in [5.41, 5.74) is 12.5. The highest BCUT2D eigenvalue weighted by Gasteiger charge is 2.23. The summed E-state index contributed by atoms with van der Waals surface area (Å²) in [7, 11) is 1.69. The van der Waals surface area contributed by atoms with Crippen molar-refractivity contribution in [1.29, 1.82) is 0 Å². The number of hydrogen-bond donors (Lipinski definition) is 1. The van der Waals surface area contributed by atoms with E-state index in [1.807, 2.05) is 18.2 Å². The fourth-order valence-electron chi connectivity index (χ4n) is 4.78. The number of aryl methyl sites for hydroxylation is 1. The van der Waals surface area contributed by atoms with Gasteiger partial charge in [0.2, 0.25) is 5.95 Å². The molecule has 0 radical (unpaired) electrons. The summed E-state index contributed by atoms with van der Waals surface area (Å²) in [6, 6.07) is 14.3. The largest absolute Gasteiger partial charge is 0.497 e. The number of rotatable bonds is 6. The minimum absolute atomic E-state index is 0.296. The molecule has 5 rings (SSSR count). The second kappa shape index (κ2) is 9.17. The quantitative estimate of drug-likeness (QED) is 0.626. The Labute approximate surface area is 189 Å². The van der Waals surface area contributed by atoms with E-state index < -0.39 is 0 Å². The van der Waals surface area contributed by atoms with Crippen LogP contribution in [-0.2, 0) is 12.8 Å². The lowest BCUT2D eigenvalue weighted by molar-refractivity contribution is 0.183. The third-order valence-electron chi connectivity index (χ3n) is 6.49. The second-order valence-electron chi connectivity index (χ2n) is 8.56. The number of benzene rings is 2. The van der Waals surface area contributed by atoms with Crippen molar-refractivity contribution >= 4 is 5.95 Å². The van der Waals surface area contributed by atoms with Gasteiger partial charge in [0.1, 0.15) is 18.1 Å². The first-order valence-electron chi connectivity index (χ1n) is 11.5. The van der Waals surface area contributed by atoms with Crippen molar-refractivity contribution in [2.75, 3.05) is 39.1 Å². The monoisotopic (exact) mass is 430 g/mol. The first-order valence-corrected chi connectivity index (χ1v) is 11.5. The number of ether oxygens (including phenoxy) is 2. The first kappa shape index (κ1) is 20.8. The molecule has 1 fully saturated rings. The second-order valence-corrected chi connectivity index (χ2v) is 8.56. The van der Waals surface area contributed by atoms with Crippen molar-refractivity contribution in [3.05, 3.63) is 53.6 Å². The van der Waals surface area contributed by atoms with Gasteiger partial charge in [-0.15, -0.1) is 0 Å². The van der Waals surface area contributed by atoms with E-state index in [4.69, 9.17) is 15.2 Å². The van der Waals surface area contributed by atoms with Gasteiger partial charge >= 0.3 is 0 Å². The number of methoxy groups -OCH3 is 1. The van der Waals surface area contributed by atoms with Crippen LogP contribution in [0.15, 0.2) is 42.5 Å². The highest BCUT2D eigenvalue weighted by molar-refractivity contribution is 5.78. The Morgan fingerprint density at radius 3 is 2.44 bits per heavy atom. The molecule has 6 heteroatoms. The molecule has 6 nitrogen and oxygen atoms in total. The van der Waals surface area contributed by atoms with E-state index in [0.717, 1.165) is 65.6 Å². The predicted octanol–water partition coefficient (Wildman–Crippen LogP) is 4.36. The predicted molar refractivity (Wildman–Crippen MR) is 127 cm³/mol. The van der Waals surface area contributed by atoms with Crippen LogP contribution in [0.5, 0.6) is 11.5 Å². The molecule has 1 saturated heterocycles. The summed E-state index contributed by atoms with van der Waals surface area (Å²) in [6.07, 6.45) is 5.77. The fraction of sp³-hybridized carbons (Fsp3) is 0.385. The number of hydrogen-bond acceptors (Lipinski definition) is 6. The molecule has 2 aliphatic rings. The molecule has 2 aromatic carbocycles.